The van der Waals surface area contributed by atoms with Gasteiger partial charge in [0.2, 0.25) is 0 Å². The zero-order valence-corrected chi connectivity index (χ0v) is 10.5. The van der Waals surface area contributed by atoms with E-state index in [1.165, 1.54) is 0 Å². The van der Waals surface area contributed by atoms with Crippen LogP contribution in [0.3, 0.4) is 0 Å². The monoisotopic (exact) mass is 238 g/mol. The molecule has 0 aromatic heterocycles. The van der Waals surface area contributed by atoms with Crippen molar-refractivity contribution in [3.63, 3.8) is 0 Å². The molecule has 0 fully saturated rings. The van der Waals surface area contributed by atoms with Crippen LogP contribution in [-0.2, 0) is 6.42 Å². The van der Waals surface area contributed by atoms with Crippen LogP contribution < -0.4 is 9.47 Å². The SMILES string of the molecule is C#CC(C)Cc1cc(OC)c(OC)cc1Cl. The van der Waals surface area contributed by atoms with Crippen LogP contribution in [0.15, 0.2) is 12.1 Å². The van der Waals surface area contributed by atoms with Crippen LogP contribution >= 0.6 is 11.6 Å². The zero-order valence-electron chi connectivity index (χ0n) is 9.71. The van der Waals surface area contributed by atoms with Gasteiger partial charge in [-0.25, -0.2) is 0 Å². The van der Waals surface area contributed by atoms with Gasteiger partial charge in [-0.15, -0.1) is 12.3 Å². The Hall–Kier alpha value is -1.33. The Balaban J connectivity index is 3.07. The van der Waals surface area contributed by atoms with Crippen molar-refractivity contribution < 1.29 is 9.47 Å². The third-order valence-electron chi connectivity index (χ3n) is 2.36. The molecule has 0 spiro atoms. The molecular formula is C13H15ClO2. The summed E-state index contributed by atoms with van der Waals surface area (Å²) < 4.78 is 10.4. The first kappa shape index (κ1) is 12.7. The Morgan fingerprint density at radius 1 is 1.31 bits per heavy atom. The highest BCUT2D eigenvalue weighted by molar-refractivity contribution is 6.31. The van der Waals surface area contributed by atoms with Crippen LogP contribution in [0.2, 0.25) is 5.02 Å². The molecule has 1 unspecified atom stereocenters. The van der Waals surface area contributed by atoms with E-state index in [0.717, 1.165) is 12.0 Å². The molecule has 2 nitrogen and oxygen atoms in total. The van der Waals surface area contributed by atoms with Gasteiger partial charge in [0, 0.05) is 17.0 Å². The number of ether oxygens (including phenoxy) is 2. The van der Waals surface area contributed by atoms with Crippen LogP contribution in [0.5, 0.6) is 11.5 Å². The fourth-order valence-electron chi connectivity index (χ4n) is 1.44. The number of terminal acetylenes is 1. The maximum atomic E-state index is 6.13. The van der Waals surface area contributed by atoms with Gasteiger partial charge in [0.1, 0.15) is 0 Å². The average molecular weight is 239 g/mol. The van der Waals surface area contributed by atoms with Crippen LogP contribution in [0.4, 0.5) is 0 Å². The Morgan fingerprint density at radius 3 is 2.38 bits per heavy atom. The first-order valence-electron chi connectivity index (χ1n) is 4.98. The predicted octanol–water partition coefficient (Wildman–Crippen LogP) is 3.17. The molecule has 1 atom stereocenters. The summed E-state index contributed by atoms with van der Waals surface area (Å²) in [6.45, 7) is 1.98. The van der Waals surface area contributed by atoms with E-state index in [9.17, 15) is 0 Å². The molecule has 0 N–H and O–H groups in total. The smallest absolute Gasteiger partial charge is 0.162 e. The van der Waals surface area contributed by atoms with Crippen molar-refractivity contribution in [2.75, 3.05) is 14.2 Å². The van der Waals surface area contributed by atoms with Crippen molar-refractivity contribution in [2.24, 2.45) is 5.92 Å². The van der Waals surface area contributed by atoms with Gasteiger partial charge in [-0.05, 0) is 18.1 Å². The number of hydrogen-bond donors (Lipinski definition) is 0. The van der Waals surface area contributed by atoms with E-state index in [1.54, 1.807) is 20.3 Å². The van der Waals surface area contributed by atoms with Gasteiger partial charge >= 0.3 is 0 Å². The Bertz CT molecular complexity index is 407. The van der Waals surface area contributed by atoms with Gasteiger partial charge < -0.3 is 9.47 Å². The molecule has 0 aliphatic carbocycles. The van der Waals surface area contributed by atoms with Crippen LogP contribution in [0, 0.1) is 18.3 Å². The van der Waals surface area contributed by atoms with E-state index in [-0.39, 0.29) is 5.92 Å². The fourth-order valence-corrected chi connectivity index (χ4v) is 1.67. The summed E-state index contributed by atoms with van der Waals surface area (Å²) in [5.41, 5.74) is 0.977. The minimum Gasteiger partial charge on any atom is -0.493 e. The highest BCUT2D eigenvalue weighted by Gasteiger charge is 2.11. The molecule has 1 aromatic rings. The number of methoxy groups -OCH3 is 2. The van der Waals surface area contributed by atoms with Gasteiger partial charge in [0.25, 0.3) is 0 Å². The van der Waals surface area contributed by atoms with Crippen molar-refractivity contribution in [3.8, 4) is 23.8 Å². The second kappa shape index (κ2) is 5.67. The zero-order chi connectivity index (χ0) is 12.1. The standard InChI is InChI=1S/C13H15ClO2/c1-5-9(2)6-10-7-12(15-3)13(16-4)8-11(10)14/h1,7-9H,6H2,2-4H3. The van der Waals surface area contributed by atoms with Crippen molar-refractivity contribution >= 4 is 11.6 Å². The van der Waals surface area contributed by atoms with Crippen molar-refractivity contribution in [1.82, 2.24) is 0 Å². The molecule has 0 saturated carbocycles. The van der Waals surface area contributed by atoms with E-state index in [2.05, 4.69) is 5.92 Å². The molecule has 0 saturated heterocycles. The summed E-state index contributed by atoms with van der Waals surface area (Å²) in [5.74, 6) is 4.13. The highest BCUT2D eigenvalue weighted by Crippen LogP contribution is 2.33. The molecule has 0 aliphatic rings. The quantitative estimate of drug-likeness (QED) is 0.751. The van der Waals surface area contributed by atoms with E-state index in [4.69, 9.17) is 27.5 Å². The van der Waals surface area contributed by atoms with Gasteiger partial charge in [-0.1, -0.05) is 18.5 Å². The van der Waals surface area contributed by atoms with E-state index in [0.29, 0.717) is 16.5 Å². The molecule has 3 heteroatoms. The first-order valence-corrected chi connectivity index (χ1v) is 5.36. The molecule has 16 heavy (non-hydrogen) atoms. The average Bonchev–Trinajstić information content (AvgIpc) is 2.30. The second-order valence-corrected chi connectivity index (χ2v) is 3.98. The summed E-state index contributed by atoms with van der Waals surface area (Å²) in [4.78, 5) is 0. The minimum atomic E-state index is 0.149. The molecule has 1 rings (SSSR count). The maximum absolute atomic E-state index is 6.13. The molecule has 86 valence electrons. The maximum Gasteiger partial charge on any atom is 0.162 e. The molecule has 0 heterocycles. The van der Waals surface area contributed by atoms with E-state index in [1.807, 2.05) is 13.0 Å². The normalized spacial score (nSPS) is 11.7. The lowest BCUT2D eigenvalue weighted by Gasteiger charge is -2.12. The van der Waals surface area contributed by atoms with Crippen molar-refractivity contribution in [2.45, 2.75) is 13.3 Å². The molecule has 0 amide bonds. The summed E-state index contributed by atoms with van der Waals surface area (Å²) in [6.07, 6.45) is 6.08. The van der Waals surface area contributed by atoms with Crippen LogP contribution in [0.25, 0.3) is 0 Å². The highest BCUT2D eigenvalue weighted by atomic mass is 35.5. The van der Waals surface area contributed by atoms with Crippen LogP contribution in [0.1, 0.15) is 12.5 Å². The summed E-state index contributed by atoms with van der Waals surface area (Å²) >= 11 is 6.13. The molecule has 0 bridgehead atoms. The Labute approximate surface area is 102 Å². The largest absolute Gasteiger partial charge is 0.493 e. The third kappa shape index (κ3) is 2.84. The topological polar surface area (TPSA) is 18.5 Å². The second-order valence-electron chi connectivity index (χ2n) is 3.57. The summed E-state index contributed by atoms with van der Waals surface area (Å²) in [5, 5.41) is 0.653. The van der Waals surface area contributed by atoms with Crippen molar-refractivity contribution in [3.05, 3.63) is 22.7 Å². The number of benzene rings is 1. The Kier molecular flexibility index (Phi) is 4.52. The van der Waals surface area contributed by atoms with E-state index >= 15 is 0 Å². The van der Waals surface area contributed by atoms with Gasteiger partial charge in [0.05, 0.1) is 14.2 Å². The number of halogens is 1. The lowest BCUT2D eigenvalue weighted by molar-refractivity contribution is 0.354. The molecular weight excluding hydrogens is 224 g/mol. The Morgan fingerprint density at radius 2 is 1.88 bits per heavy atom. The lowest BCUT2D eigenvalue weighted by Crippen LogP contribution is -1.99. The first-order chi connectivity index (χ1) is 7.62. The molecule has 1 aromatic carbocycles. The summed E-state index contributed by atoms with van der Waals surface area (Å²) in [6, 6.07) is 3.62. The van der Waals surface area contributed by atoms with Gasteiger partial charge in [-0.2, -0.15) is 0 Å². The molecule has 0 aliphatic heterocycles. The fraction of sp³-hybridized carbons (Fsp3) is 0.385. The molecule has 0 radical (unpaired) electrons. The van der Waals surface area contributed by atoms with Crippen molar-refractivity contribution in [1.29, 1.82) is 0 Å². The van der Waals surface area contributed by atoms with Gasteiger partial charge in [0.15, 0.2) is 11.5 Å². The predicted molar refractivity (Wildman–Crippen MR) is 66.3 cm³/mol. The lowest BCUT2D eigenvalue weighted by atomic mass is 10.0. The minimum absolute atomic E-state index is 0.149. The number of rotatable bonds is 4. The summed E-state index contributed by atoms with van der Waals surface area (Å²) in [7, 11) is 3.18. The van der Waals surface area contributed by atoms with E-state index < -0.39 is 0 Å². The third-order valence-corrected chi connectivity index (χ3v) is 2.72. The van der Waals surface area contributed by atoms with Crippen LogP contribution in [-0.4, -0.2) is 14.2 Å². The van der Waals surface area contributed by atoms with Gasteiger partial charge in [-0.3, -0.25) is 0 Å². The number of hydrogen-bond acceptors (Lipinski definition) is 2.